The van der Waals surface area contributed by atoms with Gasteiger partial charge in [0, 0.05) is 30.9 Å². The molecule has 168 valence electrons. The highest BCUT2D eigenvalue weighted by Gasteiger charge is 2.22. The highest BCUT2D eigenvalue weighted by atomic mass is 32.2. The number of pyridine rings is 1. The zero-order valence-electron chi connectivity index (χ0n) is 17.8. The average Bonchev–Trinajstić information content (AvgIpc) is 2.72. The summed E-state index contributed by atoms with van der Waals surface area (Å²) in [6, 6.07) is 8.19. The number of rotatable bonds is 11. The van der Waals surface area contributed by atoms with Crippen LogP contribution in [0.25, 0.3) is 0 Å². The second kappa shape index (κ2) is 11.4. The summed E-state index contributed by atoms with van der Waals surface area (Å²) in [7, 11) is -3.92. The van der Waals surface area contributed by atoms with Gasteiger partial charge >= 0.3 is 0 Å². The number of amides is 2. The Hall–Kier alpha value is -2.98. The van der Waals surface area contributed by atoms with Crippen molar-refractivity contribution in [3.63, 3.8) is 0 Å². The van der Waals surface area contributed by atoms with E-state index in [4.69, 9.17) is 4.74 Å². The second-order valence-electron chi connectivity index (χ2n) is 6.94. The van der Waals surface area contributed by atoms with Gasteiger partial charge in [0.25, 0.3) is 0 Å². The lowest BCUT2D eigenvalue weighted by atomic mass is 10.2. The predicted octanol–water partition coefficient (Wildman–Crippen LogP) is 2.20. The Bertz CT molecular complexity index is 993. The molecule has 0 radical (unpaired) electrons. The number of ether oxygens (including phenoxy) is 1. The first-order valence-corrected chi connectivity index (χ1v) is 11.5. The van der Waals surface area contributed by atoms with Crippen LogP contribution in [0.1, 0.15) is 39.2 Å². The summed E-state index contributed by atoms with van der Waals surface area (Å²) in [5.74, 6) is -0.294. The third-order valence-corrected chi connectivity index (χ3v) is 5.81. The minimum absolute atomic E-state index is 0.0138. The van der Waals surface area contributed by atoms with Crippen LogP contribution in [0.2, 0.25) is 0 Å². The smallest absolute Gasteiger partial charge is 0.241 e. The van der Waals surface area contributed by atoms with Gasteiger partial charge in [0.15, 0.2) is 0 Å². The van der Waals surface area contributed by atoms with Gasteiger partial charge in [-0.25, -0.2) is 13.4 Å². The molecule has 10 heteroatoms. The summed E-state index contributed by atoms with van der Waals surface area (Å²) in [6.45, 7) is 5.57. The van der Waals surface area contributed by atoms with Crippen LogP contribution in [0.5, 0.6) is 5.88 Å². The number of anilines is 1. The average molecular weight is 449 g/mol. The standard InChI is InChI=1S/C21H28N4O5S/c1-4-5-13-30-21-17(7-6-12-22-21)14-23-20(27)15(2)25-31(28,29)19-10-8-18(9-11-19)24-16(3)26/h6-12,15,25H,4-5,13-14H2,1-3H3,(H,23,27)(H,24,26)/t15-/m0/s1. The van der Waals surface area contributed by atoms with E-state index in [1.807, 2.05) is 0 Å². The van der Waals surface area contributed by atoms with Gasteiger partial charge in [-0.1, -0.05) is 19.4 Å². The van der Waals surface area contributed by atoms with E-state index >= 15 is 0 Å². The Morgan fingerprint density at radius 3 is 2.52 bits per heavy atom. The molecule has 0 aliphatic carbocycles. The molecule has 1 aromatic heterocycles. The van der Waals surface area contributed by atoms with Crippen molar-refractivity contribution < 1.29 is 22.7 Å². The van der Waals surface area contributed by atoms with E-state index in [-0.39, 0.29) is 17.3 Å². The normalized spacial score (nSPS) is 12.1. The van der Waals surface area contributed by atoms with Gasteiger partial charge in [0.1, 0.15) is 0 Å². The molecule has 0 aliphatic heterocycles. The SMILES string of the molecule is CCCCOc1ncccc1CNC(=O)[C@H](C)NS(=O)(=O)c1ccc(NC(C)=O)cc1. The van der Waals surface area contributed by atoms with E-state index in [1.165, 1.54) is 38.1 Å². The molecule has 2 amide bonds. The molecule has 1 atom stereocenters. The summed E-state index contributed by atoms with van der Waals surface area (Å²) in [5, 5.41) is 5.26. The van der Waals surface area contributed by atoms with Gasteiger partial charge < -0.3 is 15.4 Å². The zero-order valence-corrected chi connectivity index (χ0v) is 18.7. The van der Waals surface area contributed by atoms with Gasteiger partial charge in [-0.2, -0.15) is 4.72 Å². The summed E-state index contributed by atoms with van der Waals surface area (Å²) in [5.41, 5.74) is 1.18. The monoisotopic (exact) mass is 448 g/mol. The first kappa shape index (κ1) is 24.3. The number of benzene rings is 1. The number of carbonyl (C=O) groups excluding carboxylic acids is 2. The quantitative estimate of drug-likeness (QED) is 0.453. The number of nitrogens with zero attached hydrogens (tertiary/aromatic N) is 1. The highest BCUT2D eigenvalue weighted by molar-refractivity contribution is 7.89. The molecule has 2 rings (SSSR count). The van der Waals surface area contributed by atoms with Crippen LogP contribution >= 0.6 is 0 Å². The van der Waals surface area contributed by atoms with Crippen LogP contribution in [0, 0.1) is 0 Å². The first-order valence-electron chi connectivity index (χ1n) is 9.97. The van der Waals surface area contributed by atoms with Gasteiger partial charge in [0.05, 0.1) is 17.5 Å². The van der Waals surface area contributed by atoms with Crippen molar-refractivity contribution in [3.05, 3.63) is 48.2 Å². The van der Waals surface area contributed by atoms with Crippen molar-refractivity contribution in [1.29, 1.82) is 0 Å². The lowest BCUT2D eigenvalue weighted by Crippen LogP contribution is -2.44. The number of sulfonamides is 1. The lowest BCUT2D eigenvalue weighted by Gasteiger charge is -2.16. The molecule has 0 saturated heterocycles. The van der Waals surface area contributed by atoms with E-state index in [0.29, 0.717) is 23.7 Å². The van der Waals surface area contributed by atoms with E-state index in [1.54, 1.807) is 18.3 Å². The van der Waals surface area contributed by atoms with Crippen LogP contribution in [0.3, 0.4) is 0 Å². The molecule has 3 N–H and O–H groups in total. The minimum Gasteiger partial charge on any atom is -0.477 e. The molecule has 0 spiro atoms. The van der Waals surface area contributed by atoms with Gasteiger partial charge in [-0.05, 0) is 43.7 Å². The Kier molecular flexibility index (Phi) is 8.95. The Morgan fingerprint density at radius 2 is 1.87 bits per heavy atom. The van der Waals surface area contributed by atoms with Gasteiger partial charge in [-0.15, -0.1) is 0 Å². The maximum absolute atomic E-state index is 12.5. The van der Waals surface area contributed by atoms with Crippen molar-refractivity contribution in [1.82, 2.24) is 15.0 Å². The Labute approximate surface area is 182 Å². The molecule has 1 aromatic carbocycles. The van der Waals surface area contributed by atoms with Crippen LogP contribution in [0.15, 0.2) is 47.5 Å². The van der Waals surface area contributed by atoms with Crippen molar-refractivity contribution in [2.75, 3.05) is 11.9 Å². The molecule has 0 fully saturated rings. The third kappa shape index (κ3) is 7.65. The Morgan fingerprint density at radius 1 is 1.16 bits per heavy atom. The van der Waals surface area contributed by atoms with Gasteiger partial charge in [0.2, 0.25) is 27.7 Å². The van der Waals surface area contributed by atoms with E-state index in [9.17, 15) is 18.0 Å². The number of aromatic nitrogens is 1. The fourth-order valence-corrected chi connectivity index (χ4v) is 3.82. The highest BCUT2D eigenvalue weighted by Crippen LogP contribution is 2.16. The molecule has 9 nitrogen and oxygen atoms in total. The number of hydrogen-bond donors (Lipinski definition) is 3. The topological polar surface area (TPSA) is 126 Å². The number of unbranched alkanes of at least 4 members (excludes halogenated alkanes) is 1. The van der Waals surface area contributed by atoms with Crippen molar-refractivity contribution in [2.24, 2.45) is 0 Å². The molecule has 31 heavy (non-hydrogen) atoms. The lowest BCUT2D eigenvalue weighted by molar-refractivity contribution is -0.122. The molecule has 2 aromatic rings. The fourth-order valence-electron chi connectivity index (χ4n) is 2.61. The predicted molar refractivity (Wildman–Crippen MR) is 117 cm³/mol. The molecule has 1 heterocycles. The molecular weight excluding hydrogens is 420 g/mol. The zero-order chi connectivity index (χ0) is 22.9. The maximum atomic E-state index is 12.5. The van der Waals surface area contributed by atoms with E-state index in [2.05, 4.69) is 27.3 Å². The maximum Gasteiger partial charge on any atom is 0.241 e. The van der Waals surface area contributed by atoms with Crippen molar-refractivity contribution >= 4 is 27.5 Å². The van der Waals surface area contributed by atoms with Crippen LogP contribution in [-0.4, -0.2) is 37.9 Å². The summed E-state index contributed by atoms with van der Waals surface area (Å²) < 4.78 is 33.1. The number of carbonyl (C=O) groups is 2. The van der Waals surface area contributed by atoms with E-state index < -0.39 is 22.0 Å². The summed E-state index contributed by atoms with van der Waals surface area (Å²) in [6.07, 6.45) is 3.50. The number of hydrogen-bond acceptors (Lipinski definition) is 6. The fraction of sp³-hybridized carbons (Fsp3) is 0.381. The molecule has 0 unspecified atom stereocenters. The van der Waals surface area contributed by atoms with E-state index in [0.717, 1.165) is 12.8 Å². The molecule has 0 saturated carbocycles. The molecule has 0 bridgehead atoms. The second-order valence-corrected chi connectivity index (χ2v) is 8.65. The molecule has 0 aliphatic rings. The molecular formula is C21H28N4O5S. The largest absolute Gasteiger partial charge is 0.477 e. The van der Waals surface area contributed by atoms with Crippen LogP contribution in [0.4, 0.5) is 5.69 Å². The number of nitrogens with one attached hydrogen (secondary N) is 3. The third-order valence-electron chi connectivity index (χ3n) is 4.25. The first-order chi connectivity index (χ1) is 14.7. The Balaban J connectivity index is 1.95. The van der Waals surface area contributed by atoms with Crippen LogP contribution < -0.4 is 20.1 Å². The van der Waals surface area contributed by atoms with Crippen LogP contribution in [-0.2, 0) is 26.2 Å². The minimum atomic E-state index is -3.92. The summed E-state index contributed by atoms with van der Waals surface area (Å²) >= 11 is 0. The van der Waals surface area contributed by atoms with Crippen molar-refractivity contribution in [3.8, 4) is 5.88 Å². The van der Waals surface area contributed by atoms with Gasteiger partial charge in [-0.3, -0.25) is 9.59 Å². The summed E-state index contributed by atoms with van der Waals surface area (Å²) in [4.78, 5) is 27.7. The van der Waals surface area contributed by atoms with Crippen molar-refractivity contribution in [2.45, 2.75) is 51.1 Å².